The Balaban J connectivity index is 1.79. The molecule has 3 aromatic carbocycles. The largest absolute Gasteiger partial charge is 0.269 e. The lowest BCUT2D eigenvalue weighted by molar-refractivity contribution is -0.384. The Morgan fingerprint density at radius 1 is 1.06 bits per heavy atom. The smallest absolute Gasteiger partial charge is 0.268 e. The molecule has 0 aromatic heterocycles. The van der Waals surface area contributed by atoms with E-state index in [1.807, 2.05) is 49.4 Å². The molecule has 0 spiro atoms. The molecule has 8 heteroatoms. The molecule has 33 heavy (non-hydrogen) atoms. The second-order valence-corrected chi connectivity index (χ2v) is 9.56. The van der Waals surface area contributed by atoms with Crippen LogP contribution < -0.4 is 0 Å². The molecule has 1 amide bonds. The number of nitro groups is 1. The van der Waals surface area contributed by atoms with E-state index < -0.39 is 26.9 Å². The minimum absolute atomic E-state index is 0.173. The summed E-state index contributed by atoms with van der Waals surface area (Å²) in [5, 5.41) is 11.0. The monoisotopic (exact) mass is 462 g/mol. The molecule has 0 aliphatic carbocycles. The van der Waals surface area contributed by atoms with Gasteiger partial charge in [0.15, 0.2) is 0 Å². The lowest BCUT2D eigenvalue weighted by atomic mass is 9.92. The van der Waals surface area contributed by atoms with E-state index in [4.69, 9.17) is 0 Å². The van der Waals surface area contributed by atoms with Crippen LogP contribution in [0.5, 0.6) is 0 Å². The number of nitrogens with zero attached hydrogens (tertiary/aromatic N) is 2. The maximum Gasteiger partial charge on any atom is 0.269 e. The Labute approximate surface area is 192 Å². The summed E-state index contributed by atoms with van der Waals surface area (Å²) in [7, 11) is -4.26. The quantitative estimate of drug-likeness (QED) is 0.393. The zero-order valence-corrected chi connectivity index (χ0v) is 18.7. The van der Waals surface area contributed by atoms with Gasteiger partial charge < -0.3 is 0 Å². The summed E-state index contributed by atoms with van der Waals surface area (Å²) in [6, 6.07) is 18.7. The summed E-state index contributed by atoms with van der Waals surface area (Å²) in [5.41, 5.74) is 2.88. The van der Waals surface area contributed by atoms with Gasteiger partial charge in [0, 0.05) is 17.7 Å². The van der Waals surface area contributed by atoms with Gasteiger partial charge in [-0.1, -0.05) is 61.5 Å². The van der Waals surface area contributed by atoms with Crippen molar-refractivity contribution >= 4 is 27.7 Å². The number of amides is 1. The van der Waals surface area contributed by atoms with Crippen molar-refractivity contribution in [2.45, 2.75) is 30.7 Å². The summed E-state index contributed by atoms with van der Waals surface area (Å²) in [6.07, 6.45) is 4.66. The molecule has 0 fully saturated rings. The van der Waals surface area contributed by atoms with Crippen LogP contribution in [0.15, 0.2) is 83.8 Å². The number of carbonyl (C=O) groups is 1. The fourth-order valence-electron chi connectivity index (χ4n) is 3.90. The fraction of sp³-hybridized carbons (Fsp3) is 0.160. The Kier molecular flexibility index (Phi) is 6.11. The molecule has 168 valence electrons. The Morgan fingerprint density at radius 2 is 1.76 bits per heavy atom. The van der Waals surface area contributed by atoms with Gasteiger partial charge in [0.1, 0.15) is 0 Å². The molecule has 0 unspecified atom stereocenters. The van der Waals surface area contributed by atoms with Crippen LogP contribution in [0.25, 0.3) is 6.08 Å². The van der Waals surface area contributed by atoms with E-state index in [0.717, 1.165) is 51.7 Å². The minimum atomic E-state index is -4.26. The van der Waals surface area contributed by atoms with E-state index in [0.29, 0.717) is 12.0 Å². The molecule has 1 aliphatic heterocycles. The summed E-state index contributed by atoms with van der Waals surface area (Å²) in [4.78, 5) is 23.6. The number of nitro benzene ring substituents is 1. The van der Waals surface area contributed by atoms with Crippen LogP contribution in [0.4, 0.5) is 5.69 Å². The first-order valence-electron chi connectivity index (χ1n) is 10.5. The predicted octanol–water partition coefficient (Wildman–Crippen LogP) is 4.63. The molecule has 7 nitrogen and oxygen atoms in total. The first-order valence-corrected chi connectivity index (χ1v) is 11.9. The topological polar surface area (TPSA) is 97.6 Å². The predicted molar refractivity (Wildman–Crippen MR) is 125 cm³/mol. The average molecular weight is 463 g/mol. The maximum atomic E-state index is 13.5. The van der Waals surface area contributed by atoms with Crippen LogP contribution in [0, 0.1) is 10.1 Å². The third-order valence-corrected chi connectivity index (χ3v) is 7.48. The number of non-ortho nitro benzene ring substituents is 1. The molecule has 1 heterocycles. The van der Waals surface area contributed by atoms with Gasteiger partial charge in [-0.25, -0.2) is 12.7 Å². The normalized spacial score (nSPS) is 16.1. The third-order valence-electron chi connectivity index (χ3n) is 5.65. The summed E-state index contributed by atoms with van der Waals surface area (Å²) < 4.78 is 28.0. The lowest BCUT2D eigenvalue weighted by Gasteiger charge is -2.34. The first-order chi connectivity index (χ1) is 15.8. The van der Waals surface area contributed by atoms with Gasteiger partial charge >= 0.3 is 0 Å². The van der Waals surface area contributed by atoms with Crippen molar-refractivity contribution in [3.63, 3.8) is 0 Å². The van der Waals surface area contributed by atoms with Crippen LogP contribution in [0.3, 0.4) is 0 Å². The Bertz CT molecular complexity index is 1330. The highest BCUT2D eigenvalue weighted by molar-refractivity contribution is 7.89. The first kappa shape index (κ1) is 22.4. The van der Waals surface area contributed by atoms with Crippen molar-refractivity contribution in [1.82, 2.24) is 4.31 Å². The van der Waals surface area contributed by atoms with Crippen molar-refractivity contribution in [2.75, 3.05) is 0 Å². The molecule has 0 radical (unpaired) electrons. The van der Waals surface area contributed by atoms with E-state index in [2.05, 4.69) is 0 Å². The molecular formula is C25H22N2O5S. The van der Waals surface area contributed by atoms with E-state index in [1.54, 1.807) is 18.2 Å². The highest BCUT2D eigenvalue weighted by atomic mass is 32.2. The highest BCUT2D eigenvalue weighted by Gasteiger charge is 2.40. The molecule has 3 aromatic rings. The van der Waals surface area contributed by atoms with Crippen molar-refractivity contribution in [1.29, 1.82) is 0 Å². The second-order valence-electron chi connectivity index (χ2n) is 7.74. The zero-order chi connectivity index (χ0) is 23.6. The van der Waals surface area contributed by atoms with Gasteiger partial charge in [-0.3, -0.25) is 14.9 Å². The SMILES string of the molecule is CCc1ccc2c(c1)C[C@@H](/C=C/c1ccccc1)N(S(=O)(=O)c1ccc([N+](=O)[O-])cc1)C2=O. The second kappa shape index (κ2) is 8.99. The molecule has 0 bridgehead atoms. The van der Waals surface area contributed by atoms with Gasteiger partial charge in [0.05, 0.1) is 15.9 Å². The number of sulfonamides is 1. The van der Waals surface area contributed by atoms with Crippen LogP contribution in [-0.4, -0.2) is 29.6 Å². The third kappa shape index (κ3) is 4.42. The molecular weight excluding hydrogens is 440 g/mol. The number of hydrogen-bond donors (Lipinski definition) is 0. The van der Waals surface area contributed by atoms with Crippen LogP contribution in [-0.2, 0) is 22.9 Å². The molecule has 1 atom stereocenters. The molecule has 0 N–H and O–H groups in total. The van der Waals surface area contributed by atoms with Crippen molar-refractivity contribution in [3.8, 4) is 0 Å². The fourth-order valence-corrected chi connectivity index (χ4v) is 5.42. The van der Waals surface area contributed by atoms with Gasteiger partial charge in [-0.05, 0) is 47.7 Å². The molecule has 1 aliphatic rings. The van der Waals surface area contributed by atoms with E-state index in [1.165, 1.54) is 0 Å². The molecule has 4 rings (SSSR count). The van der Waals surface area contributed by atoms with Crippen molar-refractivity contribution in [3.05, 3.63) is 111 Å². The lowest BCUT2D eigenvalue weighted by Crippen LogP contribution is -2.48. The minimum Gasteiger partial charge on any atom is -0.268 e. The molecule has 0 saturated heterocycles. The van der Waals surface area contributed by atoms with E-state index in [9.17, 15) is 23.3 Å². The maximum absolute atomic E-state index is 13.5. The summed E-state index contributed by atoms with van der Waals surface area (Å²) in [6.45, 7) is 2.02. The number of fused-ring (bicyclic) bond motifs is 1. The van der Waals surface area contributed by atoms with Crippen LogP contribution in [0.1, 0.15) is 34.0 Å². The number of rotatable bonds is 6. The van der Waals surface area contributed by atoms with E-state index >= 15 is 0 Å². The van der Waals surface area contributed by atoms with Gasteiger partial charge in [-0.2, -0.15) is 0 Å². The summed E-state index contributed by atoms with van der Waals surface area (Å²) >= 11 is 0. The van der Waals surface area contributed by atoms with Crippen molar-refractivity contribution in [2.24, 2.45) is 0 Å². The van der Waals surface area contributed by atoms with Gasteiger partial charge in [-0.15, -0.1) is 0 Å². The van der Waals surface area contributed by atoms with Crippen LogP contribution in [0.2, 0.25) is 0 Å². The van der Waals surface area contributed by atoms with E-state index in [-0.39, 0.29) is 10.6 Å². The average Bonchev–Trinajstić information content (AvgIpc) is 2.82. The Hall–Kier alpha value is -3.78. The zero-order valence-electron chi connectivity index (χ0n) is 17.9. The van der Waals surface area contributed by atoms with Gasteiger partial charge in [0.25, 0.3) is 21.6 Å². The van der Waals surface area contributed by atoms with Crippen LogP contribution >= 0.6 is 0 Å². The van der Waals surface area contributed by atoms with Crippen molar-refractivity contribution < 1.29 is 18.1 Å². The van der Waals surface area contributed by atoms with Gasteiger partial charge in [0.2, 0.25) is 0 Å². The summed E-state index contributed by atoms with van der Waals surface area (Å²) in [5.74, 6) is -0.611. The highest BCUT2D eigenvalue weighted by Crippen LogP contribution is 2.31. The Morgan fingerprint density at radius 3 is 2.39 bits per heavy atom. The standard InChI is InChI=1S/C25H22N2O5S/c1-2-18-9-15-24-20(16-18)17-22(10-8-19-6-4-3-5-7-19)26(25(24)28)33(31,32)23-13-11-21(12-14-23)27(29)30/h3-16,22H,2,17H2,1H3/b10-8+/t22-/m1/s1. The molecule has 0 saturated carbocycles. The number of benzene rings is 3. The number of hydrogen-bond acceptors (Lipinski definition) is 5. The number of carbonyl (C=O) groups excluding carboxylic acids is 1. The number of aryl methyl sites for hydroxylation is 1.